The maximum atomic E-state index is 15.1. The van der Waals surface area contributed by atoms with E-state index in [1.165, 1.54) is 29.2 Å². The fourth-order valence-electron chi connectivity index (χ4n) is 5.18. The van der Waals surface area contributed by atoms with E-state index < -0.39 is 17.3 Å². The third-order valence-corrected chi connectivity index (χ3v) is 7.52. The second-order valence-electron chi connectivity index (χ2n) is 10.8. The minimum Gasteiger partial charge on any atom is -0.436 e. The Bertz CT molecular complexity index is 1720. The fourth-order valence-corrected chi connectivity index (χ4v) is 5.18. The van der Waals surface area contributed by atoms with Crippen molar-refractivity contribution in [3.63, 3.8) is 0 Å². The van der Waals surface area contributed by atoms with E-state index in [0.717, 1.165) is 18.9 Å². The van der Waals surface area contributed by atoms with Crippen LogP contribution in [0.1, 0.15) is 35.8 Å². The van der Waals surface area contributed by atoms with Crippen LogP contribution in [0.25, 0.3) is 5.69 Å². The number of para-hydroxylation sites is 1. The van der Waals surface area contributed by atoms with Gasteiger partial charge in [0.15, 0.2) is 11.6 Å². The largest absolute Gasteiger partial charge is 0.436 e. The van der Waals surface area contributed by atoms with Crippen molar-refractivity contribution in [1.82, 2.24) is 29.1 Å². The first-order valence-corrected chi connectivity index (χ1v) is 14.4. The van der Waals surface area contributed by atoms with Crippen LogP contribution >= 0.6 is 0 Å². The smallest absolute Gasteiger partial charge is 0.323 e. The van der Waals surface area contributed by atoms with Crippen LogP contribution in [0, 0.1) is 12.7 Å². The number of nitrogens with zero attached hydrogens (tertiary/aromatic N) is 6. The van der Waals surface area contributed by atoms with Gasteiger partial charge < -0.3 is 19.9 Å². The molecule has 1 saturated heterocycles. The summed E-state index contributed by atoms with van der Waals surface area (Å²) in [6, 6.07) is 14.4. The number of ether oxygens (including phenoxy) is 1. The number of carbonyl (C=O) groups excluding carboxylic acids is 2. The Morgan fingerprint density at radius 1 is 1.09 bits per heavy atom. The summed E-state index contributed by atoms with van der Waals surface area (Å²) in [4.78, 5) is 51.2. The molecule has 1 atom stereocenters. The summed E-state index contributed by atoms with van der Waals surface area (Å²) >= 11 is 0. The van der Waals surface area contributed by atoms with E-state index in [0.29, 0.717) is 37.1 Å². The Morgan fingerprint density at radius 2 is 1.86 bits per heavy atom. The molecule has 2 N–H and O–H groups in total. The number of hydrogen-bond donors (Lipinski definition) is 2. The average molecular weight is 603 g/mol. The van der Waals surface area contributed by atoms with Gasteiger partial charge in [-0.25, -0.2) is 23.8 Å². The molecule has 230 valence electrons. The van der Waals surface area contributed by atoms with E-state index >= 15 is 4.39 Å². The number of urea groups is 1. The van der Waals surface area contributed by atoms with Crippen LogP contribution in [0.4, 0.5) is 20.7 Å². The molecule has 3 heterocycles. The van der Waals surface area contributed by atoms with Gasteiger partial charge in [0.2, 0.25) is 5.88 Å². The van der Waals surface area contributed by atoms with Crippen molar-refractivity contribution >= 4 is 23.4 Å². The molecule has 4 aromatic rings. The minimum atomic E-state index is -0.763. The molecular weight excluding hydrogens is 567 g/mol. The molecule has 1 aliphatic rings. The van der Waals surface area contributed by atoms with Crippen LogP contribution in [-0.2, 0) is 6.54 Å². The quantitative estimate of drug-likeness (QED) is 0.289. The molecule has 2 aromatic heterocycles. The Morgan fingerprint density at radius 3 is 2.55 bits per heavy atom. The van der Waals surface area contributed by atoms with Gasteiger partial charge in [-0.05, 0) is 58.1 Å². The van der Waals surface area contributed by atoms with E-state index in [2.05, 4.69) is 25.5 Å². The highest BCUT2D eigenvalue weighted by molar-refractivity contribution is 6.05. The molecule has 0 aliphatic carbocycles. The summed E-state index contributed by atoms with van der Waals surface area (Å²) in [5.74, 6) is -1.33. The molecular formula is C31H35FN8O4. The van der Waals surface area contributed by atoms with Gasteiger partial charge in [-0.3, -0.25) is 19.6 Å². The van der Waals surface area contributed by atoms with Crippen LogP contribution in [0.15, 0.2) is 65.7 Å². The van der Waals surface area contributed by atoms with Crippen molar-refractivity contribution in [3.05, 3.63) is 88.4 Å². The van der Waals surface area contributed by atoms with Gasteiger partial charge in [-0.2, -0.15) is 0 Å². The zero-order chi connectivity index (χ0) is 31.4. The number of anilines is 2. The Kier molecular flexibility index (Phi) is 9.04. The first kappa shape index (κ1) is 30.4. The van der Waals surface area contributed by atoms with Crippen molar-refractivity contribution in [2.24, 2.45) is 0 Å². The number of amides is 3. The predicted octanol–water partition coefficient (Wildman–Crippen LogP) is 4.50. The Balaban J connectivity index is 1.28. The van der Waals surface area contributed by atoms with Gasteiger partial charge in [-0.15, -0.1) is 0 Å². The third kappa shape index (κ3) is 6.47. The number of nitrogens with one attached hydrogen (secondary N) is 2. The van der Waals surface area contributed by atoms with Gasteiger partial charge in [0, 0.05) is 43.5 Å². The molecule has 1 unspecified atom stereocenters. The lowest BCUT2D eigenvalue weighted by Gasteiger charge is -2.20. The summed E-state index contributed by atoms with van der Waals surface area (Å²) in [6.45, 7) is 5.47. The van der Waals surface area contributed by atoms with E-state index in [1.807, 2.05) is 39.2 Å². The number of hydrogen-bond acceptors (Lipinski definition) is 7. The molecule has 0 saturated carbocycles. The number of aromatic nitrogens is 4. The van der Waals surface area contributed by atoms with Gasteiger partial charge in [-0.1, -0.05) is 25.1 Å². The summed E-state index contributed by atoms with van der Waals surface area (Å²) in [7, 11) is 3.96. The molecule has 5 rings (SSSR count). The molecule has 0 spiro atoms. The minimum absolute atomic E-state index is 0.0212. The van der Waals surface area contributed by atoms with E-state index in [9.17, 15) is 14.4 Å². The molecule has 13 heteroatoms. The number of benzene rings is 2. The molecule has 0 radical (unpaired) electrons. The Labute approximate surface area is 254 Å². The zero-order valence-corrected chi connectivity index (χ0v) is 25.1. The van der Waals surface area contributed by atoms with Gasteiger partial charge in [0.25, 0.3) is 11.5 Å². The van der Waals surface area contributed by atoms with Gasteiger partial charge >= 0.3 is 6.03 Å². The first-order chi connectivity index (χ1) is 21.2. The highest BCUT2D eigenvalue weighted by Crippen LogP contribution is 2.27. The predicted molar refractivity (Wildman–Crippen MR) is 164 cm³/mol. The molecule has 2 aromatic carbocycles. The van der Waals surface area contributed by atoms with Crippen molar-refractivity contribution in [2.75, 3.05) is 37.8 Å². The van der Waals surface area contributed by atoms with Crippen LogP contribution in [0.2, 0.25) is 0 Å². The van der Waals surface area contributed by atoms with Crippen molar-refractivity contribution < 1.29 is 18.7 Å². The second-order valence-corrected chi connectivity index (χ2v) is 10.8. The van der Waals surface area contributed by atoms with E-state index in [4.69, 9.17) is 4.74 Å². The lowest BCUT2D eigenvalue weighted by Crippen LogP contribution is -2.37. The summed E-state index contributed by atoms with van der Waals surface area (Å²) in [6.07, 6.45) is 2.84. The number of likely N-dealkylation sites (N-methyl/N-ethyl adjacent to an activating group) is 1. The highest BCUT2D eigenvalue weighted by Gasteiger charge is 2.28. The van der Waals surface area contributed by atoms with Crippen LogP contribution in [0.3, 0.4) is 0 Å². The van der Waals surface area contributed by atoms with Crippen molar-refractivity contribution in [3.8, 4) is 17.3 Å². The lowest BCUT2D eigenvalue weighted by molar-refractivity contribution is 0.102. The van der Waals surface area contributed by atoms with Crippen LogP contribution in [0.5, 0.6) is 11.6 Å². The maximum absolute atomic E-state index is 15.1. The molecule has 1 fully saturated rings. The second kappa shape index (κ2) is 13.1. The topological polar surface area (TPSA) is 127 Å². The highest BCUT2D eigenvalue weighted by atomic mass is 19.1. The number of carbonyl (C=O) groups is 2. The normalized spacial score (nSPS) is 14.6. The SMILES string of the molecule is CCCn1c(C)c(C(=O)Nc2ccc(Oc3cc(NC(=O)N4CCC(N(C)C)C4)ncn3)c(F)c2)c(=O)n1-c1ccccc1. The molecule has 44 heavy (non-hydrogen) atoms. The molecule has 12 nitrogen and oxygen atoms in total. The molecule has 3 amide bonds. The average Bonchev–Trinajstić information content (AvgIpc) is 3.59. The van der Waals surface area contributed by atoms with Crippen molar-refractivity contribution in [1.29, 1.82) is 0 Å². The summed E-state index contributed by atoms with van der Waals surface area (Å²) in [5.41, 5.74) is 0.804. The summed E-state index contributed by atoms with van der Waals surface area (Å²) < 4.78 is 24.0. The zero-order valence-electron chi connectivity index (χ0n) is 25.1. The van der Waals surface area contributed by atoms with Crippen molar-refractivity contribution in [2.45, 2.75) is 39.3 Å². The Hall–Kier alpha value is -5.04. The lowest BCUT2D eigenvalue weighted by atomic mass is 10.2. The molecule has 1 aliphatic heterocycles. The summed E-state index contributed by atoms with van der Waals surface area (Å²) in [5, 5.41) is 5.36. The monoisotopic (exact) mass is 602 g/mol. The first-order valence-electron chi connectivity index (χ1n) is 14.4. The van der Waals surface area contributed by atoms with Gasteiger partial charge in [0.1, 0.15) is 17.7 Å². The molecule has 0 bridgehead atoms. The van der Waals surface area contributed by atoms with Crippen LogP contribution in [-0.4, -0.2) is 74.3 Å². The maximum Gasteiger partial charge on any atom is 0.323 e. The third-order valence-electron chi connectivity index (χ3n) is 7.52. The van der Waals surface area contributed by atoms with Crippen LogP contribution < -0.4 is 20.9 Å². The number of likely N-dealkylation sites (tertiary alicyclic amines) is 1. The fraction of sp³-hybridized carbons (Fsp3) is 0.323. The number of rotatable bonds is 9. The van der Waals surface area contributed by atoms with Gasteiger partial charge in [0.05, 0.1) is 11.4 Å². The number of halogens is 1. The van der Waals surface area contributed by atoms with E-state index in [-0.39, 0.29) is 34.7 Å². The standard InChI is InChI=1S/C31H35FN8O4/c1-5-14-39-20(2)28(30(42)40(39)22-9-7-6-8-10-22)29(41)35-21-11-12-25(24(32)16-21)44-27-17-26(33-19-34-27)36-31(43)38-15-13-23(18-38)37(3)4/h6-12,16-17,19,23H,5,13-15,18H2,1-4H3,(H,35,41)(H,33,34,36,43). The van der Waals surface area contributed by atoms with E-state index in [1.54, 1.807) is 28.6 Å².